The number of carbonyl (C=O) groups excluding carboxylic acids is 1. The molecule has 0 saturated heterocycles. The van der Waals surface area contributed by atoms with Crippen LogP contribution in [-0.4, -0.2) is 37.6 Å². The van der Waals surface area contributed by atoms with Gasteiger partial charge in [-0.25, -0.2) is 0 Å². The lowest BCUT2D eigenvalue weighted by Crippen LogP contribution is -2.40. The van der Waals surface area contributed by atoms with Gasteiger partial charge in [-0.2, -0.15) is 0 Å². The van der Waals surface area contributed by atoms with Gasteiger partial charge >= 0.3 is 0 Å². The molecule has 0 N–H and O–H groups in total. The number of carboxylic acids is 1. The van der Waals surface area contributed by atoms with Gasteiger partial charge in [0.2, 0.25) is 0 Å². The zero-order chi connectivity index (χ0) is 9.78. The zero-order valence-corrected chi connectivity index (χ0v) is 8.09. The van der Waals surface area contributed by atoms with Crippen molar-refractivity contribution in [1.82, 2.24) is 0 Å². The van der Waals surface area contributed by atoms with Gasteiger partial charge in [-0.3, -0.25) is 0 Å². The van der Waals surface area contributed by atoms with Crippen molar-refractivity contribution >= 4 is 5.97 Å². The normalized spacial score (nSPS) is 11.2. The van der Waals surface area contributed by atoms with Gasteiger partial charge in [0.1, 0.15) is 0 Å². The Balaban J connectivity index is 3.83. The third kappa shape index (κ3) is 4.13. The van der Waals surface area contributed by atoms with Gasteiger partial charge in [-0.15, -0.1) is 0 Å². The SMILES string of the molecule is C=C(CC[N+](C)(C)CC)C(=O)[O-]. The van der Waals surface area contributed by atoms with Crippen LogP contribution in [0.5, 0.6) is 0 Å². The Bertz CT molecular complexity index is 185. The van der Waals surface area contributed by atoms with Crippen LogP contribution in [0.1, 0.15) is 13.3 Å². The van der Waals surface area contributed by atoms with Gasteiger partial charge in [0.15, 0.2) is 0 Å². The first-order valence-electron chi connectivity index (χ1n) is 4.10. The van der Waals surface area contributed by atoms with Crippen molar-refractivity contribution in [3.05, 3.63) is 12.2 Å². The summed E-state index contributed by atoms with van der Waals surface area (Å²) in [5, 5.41) is 10.3. The average molecular weight is 171 g/mol. The number of carboxylic acid groups (broad SMARTS) is 1. The third-order valence-corrected chi connectivity index (χ3v) is 2.16. The second-order valence-electron chi connectivity index (χ2n) is 3.62. The largest absolute Gasteiger partial charge is 0.545 e. The van der Waals surface area contributed by atoms with Crippen molar-refractivity contribution in [2.45, 2.75) is 13.3 Å². The second kappa shape index (κ2) is 4.26. The topological polar surface area (TPSA) is 40.1 Å². The maximum absolute atomic E-state index is 10.3. The highest BCUT2D eigenvalue weighted by atomic mass is 16.4. The van der Waals surface area contributed by atoms with E-state index < -0.39 is 5.97 Å². The Labute approximate surface area is 73.9 Å². The zero-order valence-electron chi connectivity index (χ0n) is 8.09. The molecule has 0 bridgehead atoms. The summed E-state index contributed by atoms with van der Waals surface area (Å²) in [5.41, 5.74) is 0.189. The maximum atomic E-state index is 10.3. The Morgan fingerprint density at radius 1 is 1.50 bits per heavy atom. The minimum absolute atomic E-state index is 0.189. The molecule has 0 heterocycles. The number of rotatable bonds is 5. The van der Waals surface area contributed by atoms with Crippen molar-refractivity contribution in [1.29, 1.82) is 0 Å². The first-order chi connectivity index (χ1) is 5.39. The highest BCUT2D eigenvalue weighted by molar-refractivity contribution is 5.83. The minimum Gasteiger partial charge on any atom is -0.545 e. The molecule has 0 radical (unpaired) electrons. The quantitative estimate of drug-likeness (QED) is 0.424. The summed E-state index contributed by atoms with van der Waals surface area (Å²) in [6.45, 7) is 7.27. The molecule has 70 valence electrons. The predicted molar refractivity (Wildman–Crippen MR) is 46.3 cm³/mol. The van der Waals surface area contributed by atoms with Crippen LogP contribution in [0.15, 0.2) is 12.2 Å². The molecule has 0 amide bonds. The number of quaternary nitrogens is 1. The minimum atomic E-state index is -1.13. The van der Waals surface area contributed by atoms with E-state index in [1.54, 1.807) is 0 Å². The molecule has 0 aromatic carbocycles. The molecule has 0 spiro atoms. The lowest BCUT2D eigenvalue weighted by molar-refractivity contribution is -0.888. The number of aliphatic carboxylic acids is 1. The molecule has 0 aromatic heterocycles. The number of nitrogens with zero attached hydrogens (tertiary/aromatic N) is 1. The Morgan fingerprint density at radius 2 is 2.00 bits per heavy atom. The van der Waals surface area contributed by atoms with E-state index in [9.17, 15) is 9.90 Å². The monoisotopic (exact) mass is 171 g/mol. The summed E-state index contributed by atoms with van der Waals surface area (Å²) < 4.78 is 0.812. The highest BCUT2D eigenvalue weighted by Crippen LogP contribution is 2.03. The summed E-state index contributed by atoms with van der Waals surface area (Å²) in [5.74, 6) is -1.13. The molecule has 0 aliphatic rings. The van der Waals surface area contributed by atoms with Gasteiger partial charge < -0.3 is 14.4 Å². The third-order valence-electron chi connectivity index (χ3n) is 2.16. The molecule has 0 rings (SSSR count). The smallest absolute Gasteiger partial charge is 0.0823 e. The van der Waals surface area contributed by atoms with Gasteiger partial charge in [0.25, 0.3) is 0 Å². The molecule has 0 fully saturated rings. The number of carbonyl (C=O) groups is 1. The highest BCUT2D eigenvalue weighted by Gasteiger charge is 2.11. The lowest BCUT2D eigenvalue weighted by Gasteiger charge is -2.28. The van der Waals surface area contributed by atoms with Crippen LogP contribution in [0.3, 0.4) is 0 Å². The molecule has 3 heteroatoms. The molecule has 12 heavy (non-hydrogen) atoms. The van der Waals surface area contributed by atoms with Gasteiger partial charge in [0, 0.05) is 6.42 Å². The molecular weight excluding hydrogens is 154 g/mol. The van der Waals surface area contributed by atoms with Gasteiger partial charge in [-0.1, -0.05) is 6.58 Å². The van der Waals surface area contributed by atoms with Gasteiger partial charge in [0.05, 0.1) is 33.2 Å². The van der Waals surface area contributed by atoms with E-state index in [1.165, 1.54) is 0 Å². The van der Waals surface area contributed by atoms with Crippen molar-refractivity contribution < 1.29 is 14.4 Å². The first-order valence-corrected chi connectivity index (χ1v) is 4.10. The van der Waals surface area contributed by atoms with E-state index in [1.807, 2.05) is 0 Å². The molecule has 0 aliphatic heterocycles. The molecular formula is C9H17NO2. The summed E-state index contributed by atoms with van der Waals surface area (Å²) in [4.78, 5) is 10.3. The molecule has 3 nitrogen and oxygen atoms in total. The fraction of sp³-hybridized carbons (Fsp3) is 0.667. The van der Waals surface area contributed by atoms with Crippen molar-refractivity contribution in [3.63, 3.8) is 0 Å². The number of hydrogen-bond acceptors (Lipinski definition) is 2. The maximum Gasteiger partial charge on any atom is 0.0823 e. The summed E-state index contributed by atoms with van der Waals surface area (Å²) >= 11 is 0. The number of hydrogen-bond donors (Lipinski definition) is 0. The lowest BCUT2D eigenvalue weighted by atomic mass is 10.2. The predicted octanol–water partition coefficient (Wildman–Crippen LogP) is -0.221. The Morgan fingerprint density at radius 3 is 2.33 bits per heavy atom. The Hall–Kier alpha value is -0.830. The van der Waals surface area contributed by atoms with Crippen LogP contribution in [0.25, 0.3) is 0 Å². The van der Waals surface area contributed by atoms with Crippen molar-refractivity contribution in [3.8, 4) is 0 Å². The van der Waals surface area contributed by atoms with Crippen LogP contribution in [0.2, 0.25) is 0 Å². The molecule has 0 saturated carbocycles. The summed E-state index contributed by atoms with van der Waals surface area (Å²) in [7, 11) is 4.12. The summed E-state index contributed by atoms with van der Waals surface area (Å²) in [6, 6.07) is 0. The molecule has 0 aromatic rings. The van der Waals surface area contributed by atoms with Crippen molar-refractivity contribution in [2.24, 2.45) is 0 Å². The van der Waals surface area contributed by atoms with E-state index in [2.05, 4.69) is 27.6 Å². The summed E-state index contributed by atoms with van der Waals surface area (Å²) in [6.07, 6.45) is 0.503. The fourth-order valence-electron chi connectivity index (χ4n) is 0.698. The van der Waals surface area contributed by atoms with E-state index >= 15 is 0 Å². The van der Waals surface area contributed by atoms with E-state index in [0.29, 0.717) is 6.42 Å². The van der Waals surface area contributed by atoms with Crippen LogP contribution in [0, 0.1) is 0 Å². The van der Waals surface area contributed by atoms with Gasteiger partial charge in [-0.05, 0) is 12.5 Å². The van der Waals surface area contributed by atoms with Crippen LogP contribution < -0.4 is 5.11 Å². The molecule has 0 atom stereocenters. The standard InChI is InChI=1S/C9H17NO2/c1-5-10(3,4)7-6-8(2)9(11)12/h2,5-7H2,1,3-4H3. The average Bonchev–Trinajstić information content (AvgIpc) is 2.00. The van der Waals surface area contributed by atoms with E-state index in [4.69, 9.17) is 0 Å². The van der Waals surface area contributed by atoms with E-state index in [0.717, 1.165) is 17.6 Å². The van der Waals surface area contributed by atoms with Crippen LogP contribution in [-0.2, 0) is 4.79 Å². The Kier molecular flexibility index (Phi) is 3.96. The van der Waals surface area contributed by atoms with Crippen molar-refractivity contribution in [2.75, 3.05) is 27.2 Å². The fourth-order valence-corrected chi connectivity index (χ4v) is 0.698. The van der Waals surface area contributed by atoms with Crippen LogP contribution >= 0.6 is 0 Å². The second-order valence-corrected chi connectivity index (χ2v) is 3.62. The molecule has 0 unspecified atom stereocenters. The van der Waals surface area contributed by atoms with E-state index in [-0.39, 0.29) is 5.57 Å². The van der Waals surface area contributed by atoms with Crippen LogP contribution in [0.4, 0.5) is 0 Å². The molecule has 0 aliphatic carbocycles. The first kappa shape index (κ1) is 11.2.